The van der Waals surface area contributed by atoms with Gasteiger partial charge >= 0.3 is 12.1 Å². The first-order valence-electron chi connectivity index (χ1n) is 3.91. The largest absolute Gasteiger partial charge is 0.509 e. The van der Waals surface area contributed by atoms with Gasteiger partial charge in [0.2, 0.25) is 0 Å². The summed E-state index contributed by atoms with van der Waals surface area (Å²) in [5.74, 6) is -2.45. The Labute approximate surface area is 89.0 Å². The molecule has 0 aliphatic carbocycles. The number of rotatable bonds is 4. The van der Waals surface area contributed by atoms with E-state index in [4.69, 9.17) is 10.5 Å². The minimum atomic E-state index is -5.05. The molecule has 0 radical (unpaired) electrons. The molecule has 0 aliphatic heterocycles. The summed E-state index contributed by atoms with van der Waals surface area (Å²) < 4.78 is 44.9. The second-order valence-corrected chi connectivity index (χ2v) is 2.62. The van der Waals surface area contributed by atoms with Crippen molar-refractivity contribution in [2.24, 2.45) is 0 Å². The van der Waals surface area contributed by atoms with Crippen molar-refractivity contribution in [3.63, 3.8) is 0 Å². The Bertz CT molecular complexity index is 322. The van der Waals surface area contributed by atoms with Gasteiger partial charge < -0.3 is 14.6 Å². The lowest BCUT2D eigenvalue weighted by Gasteiger charge is -2.12. The SMILES string of the molecule is COCC(O)=C(C(=N)C(F)(F)F)C(=O)OC. The van der Waals surface area contributed by atoms with Crippen LogP contribution in [0.3, 0.4) is 0 Å². The minimum Gasteiger partial charge on any atom is -0.509 e. The van der Waals surface area contributed by atoms with Crippen molar-refractivity contribution < 1.29 is 32.5 Å². The van der Waals surface area contributed by atoms with Crippen LogP contribution >= 0.6 is 0 Å². The fourth-order valence-electron chi connectivity index (χ4n) is 0.817. The van der Waals surface area contributed by atoms with Crippen LogP contribution < -0.4 is 0 Å². The highest BCUT2D eigenvalue weighted by Crippen LogP contribution is 2.23. The van der Waals surface area contributed by atoms with Gasteiger partial charge in [0.15, 0.2) is 5.71 Å². The van der Waals surface area contributed by atoms with Crippen LogP contribution in [0.15, 0.2) is 11.3 Å². The van der Waals surface area contributed by atoms with Crippen molar-refractivity contribution in [2.45, 2.75) is 6.18 Å². The molecule has 0 fully saturated rings. The number of ether oxygens (including phenoxy) is 2. The van der Waals surface area contributed by atoms with Crippen molar-refractivity contribution in [3.8, 4) is 0 Å². The molecule has 0 spiro atoms. The Balaban J connectivity index is 5.35. The van der Waals surface area contributed by atoms with Gasteiger partial charge in [0, 0.05) is 7.11 Å². The molecular formula is C8H10F3NO4. The highest BCUT2D eigenvalue weighted by atomic mass is 19.4. The van der Waals surface area contributed by atoms with Gasteiger partial charge in [0.1, 0.15) is 17.9 Å². The molecule has 0 aromatic heterocycles. The number of alkyl halides is 3. The van der Waals surface area contributed by atoms with Crippen LogP contribution in [0.25, 0.3) is 0 Å². The average Bonchev–Trinajstić information content (AvgIpc) is 2.16. The highest BCUT2D eigenvalue weighted by Gasteiger charge is 2.41. The molecule has 0 aliphatic rings. The lowest BCUT2D eigenvalue weighted by Crippen LogP contribution is -2.30. The summed E-state index contributed by atoms with van der Waals surface area (Å²) in [5, 5.41) is 15.9. The van der Waals surface area contributed by atoms with E-state index in [9.17, 15) is 18.0 Å². The third kappa shape index (κ3) is 3.54. The van der Waals surface area contributed by atoms with E-state index in [0.29, 0.717) is 0 Å². The zero-order valence-corrected chi connectivity index (χ0v) is 8.51. The zero-order valence-electron chi connectivity index (χ0n) is 8.51. The first-order valence-corrected chi connectivity index (χ1v) is 3.91. The van der Waals surface area contributed by atoms with Gasteiger partial charge in [-0.25, -0.2) is 4.79 Å². The van der Waals surface area contributed by atoms with Crippen LogP contribution in [0, 0.1) is 5.41 Å². The molecule has 0 aromatic rings. The summed E-state index contributed by atoms with van der Waals surface area (Å²) in [6.45, 7) is -0.622. The van der Waals surface area contributed by atoms with Gasteiger partial charge in [-0.3, -0.25) is 5.41 Å². The third-order valence-electron chi connectivity index (χ3n) is 1.49. The topological polar surface area (TPSA) is 79.6 Å². The molecule has 0 unspecified atom stereocenters. The van der Waals surface area contributed by atoms with Crippen LogP contribution in [-0.2, 0) is 14.3 Å². The van der Waals surface area contributed by atoms with Gasteiger partial charge in [-0.15, -0.1) is 0 Å². The molecule has 0 heterocycles. The first-order chi connectivity index (χ1) is 7.25. The molecule has 92 valence electrons. The minimum absolute atomic E-state index is 0.622. The van der Waals surface area contributed by atoms with Crippen LogP contribution in [0.5, 0.6) is 0 Å². The van der Waals surface area contributed by atoms with Crippen LogP contribution in [0.1, 0.15) is 0 Å². The smallest absolute Gasteiger partial charge is 0.433 e. The molecule has 16 heavy (non-hydrogen) atoms. The van der Waals surface area contributed by atoms with Gasteiger partial charge in [-0.1, -0.05) is 0 Å². The van der Waals surface area contributed by atoms with E-state index in [1.165, 1.54) is 0 Å². The molecule has 0 saturated heterocycles. The normalized spacial score (nSPS) is 13.1. The van der Waals surface area contributed by atoms with E-state index in [1.807, 2.05) is 0 Å². The summed E-state index contributed by atoms with van der Waals surface area (Å²) in [5.41, 5.74) is -3.23. The molecule has 0 aromatic carbocycles. The maximum Gasteiger partial charge on any atom is 0.433 e. The van der Waals surface area contributed by atoms with E-state index in [0.717, 1.165) is 14.2 Å². The van der Waals surface area contributed by atoms with E-state index in [1.54, 1.807) is 0 Å². The van der Waals surface area contributed by atoms with Crippen LogP contribution in [0.2, 0.25) is 0 Å². The number of nitrogens with one attached hydrogen (secondary N) is 1. The Morgan fingerprint density at radius 1 is 1.38 bits per heavy atom. The van der Waals surface area contributed by atoms with Crippen molar-refractivity contribution in [3.05, 3.63) is 11.3 Å². The number of hydrogen-bond donors (Lipinski definition) is 2. The zero-order chi connectivity index (χ0) is 12.9. The fraction of sp³-hybridized carbons (Fsp3) is 0.500. The fourth-order valence-corrected chi connectivity index (χ4v) is 0.817. The molecule has 0 atom stereocenters. The number of aliphatic hydroxyl groups is 1. The van der Waals surface area contributed by atoms with E-state index in [2.05, 4.69) is 9.47 Å². The van der Waals surface area contributed by atoms with Crippen molar-refractivity contribution in [1.29, 1.82) is 5.41 Å². The van der Waals surface area contributed by atoms with Crippen LogP contribution in [-0.4, -0.2) is 43.8 Å². The number of halogens is 3. The second-order valence-electron chi connectivity index (χ2n) is 2.62. The third-order valence-corrected chi connectivity index (χ3v) is 1.49. The van der Waals surface area contributed by atoms with E-state index in [-0.39, 0.29) is 0 Å². The van der Waals surface area contributed by atoms with Crippen LogP contribution in [0.4, 0.5) is 13.2 Å². The Kier molecular flexibility index (Phi) is 4.96. The number of carbonyl (C=O) groups excluding carboxylic acids is 1. The van der Waals surface area contributed by atoms with Crippen molar-refractivity contribution in [2.75, 3.05) is 20.8 Å². The summed E-state index contributed by atoms with van der Waals surface area (Å²) in [4.78, 5) is 11.0. The second kappa shape index (κ2) is 5.50. The van der Waals surface area contributed by atoms with Crippen molar-refractivity contribution in [1.82, 2.24) is 0 Å². The van der Waals surface area contributed by atoms with Gasteiger partial charge in [-0.2, -0.15) is 13.2 Å². The molecule has 0 rings (SSSR count). The molecule has 5 nitrogen and oxygen atoms in total. The lowest BCUT2D eigenvalue weighted by atomic mass is 10.1. The Morgan fingerprint density at radius 3 is 2.19 bits per heavy atom. The average molecular weight is 241 g/mol. The van der Waals surface area contributed by atoms with E-state index >= 15 is 0 Å². The summed E-state index contributed by atoms with van der Waals surface area (Å²) in [6.07, 6.45) is -5.05. The quantitative estimate of drug-likeness (QED) is 0.335. The number of methoxy groups -OCH3 is 2. The van der Waals surface area contributed by atoms with Crippen molar-refractivity contribution >= 4 is 11.7 Å². The monoisotopic (exact) mass is 241 g/mol. The molecular weight excluding hydrogens is 231 g/mol. The maximum absolute atomic E-state index is 12.2. The maximum atomic E-state index is 12.2. The molecule has 0 saturated carbocycles. The number of carbonyl (C=O) groups is 1. The summed E-state index contributed by atoms with van der Waals surface area (Å²) >= 11 is 0. The molecule has 0 bridgehead atoms. The highest BCUT2D eigenvalue weighted by molar-refractivity contribution is 6.21. The number of hydrogen-bond acceptors (Lipinski definition) is 5. The van der Waals surface area contributed by atoms with Gasteiger partial charge in [0.05, 0.1) is 7.11 Å². The molecule has 0 amide bonds. The number of esters is 1. The summed E-state index contributed by atoms with van der Waals surface area (Å²) in [6, 6.07) is 0. The first kappa shape index (κ1) is 14.4. The standard InChI is InChI=1S/C8H10F3NO4/c1-15-3-4(13)5(7(14)16-2)6(12)8(9,10)11/h12-13H,3H2,1-2H3. The molecule has 2 N–H and O–H groups in total. The predicted octanol–water partition coefficient (Wildman–Crippen LogP) is 1.20. The number of aliphatic hydroxyl groups excluding tert-OH is 1. The predicted molar refractivity (Wildman–Crippen MR) is 47.3 cm³/mol. The lowest BCUT2D eigenvalue weighted by molar-refractivity contribution is -0.136. The molecule has 8 heteroatoms. The Morgan fingerprint density at radius 2 is 1.88 bits per heavy atom. The van der Waals surface area contributed by atoms with Gasteiger partial charge in [-0.05, 0) is 0 Å². The van der Waals surface area contributed by atoms with E-state index < -0.39 is 35.8 Å². The summed E-state index contributed by atoms with van der Waals surface area (Å²) in [7, 11) is 1.95. The van der Waals surface area contributed by atoms with Gasteiger partial charge in [0.25, 0.3) is 0 Å². The Hall–Kier alpha value is -1.57.